The third-order valence-electron chi connectivity index (χ3n) is 10.1. The second-order valence-electron chi connectivity index (χ2n) is 12.0. The standard InChI is InChI=1S/C31H42FN4O/c1-24-7-5-20-36(24,27-12-16-33-22-27)26-10-11-29(28(32)21-26)35-17-6-13-31(30(35)37)14-18-34(19-15-31)23-25-8-3-2-4-9-25/h2-4,8-11,21,24,27,33H,5-7,12-20,22-23H2,1H3/q+1/t24-,27-,36?/m0/s1. The summed E-state index contributed by atoms with van der Waals surface area (Å²) < 4.78 is 16.8. The van der Waals surface area contributed by atoms with Gasteiger partial charge in [0.2, 0.25) is 5.91 Å². The minimum Gasteiger partial charge on any atom is -0.311 e. The van der Waals surface area contributed by atoms with Crippen molar-refractivity contribution in [1.82, 2.24) is 14.7 Å². The smallest absolute Gasteiger partial charge is 0.233 e. The summed E-state index contributed by atoms with van der Waals surface area (Å²) in [6.45, 7) is 8.85. The Balaban J connectivity index is 1.20. The lowest BCUT2D eigenvalue weighted by atomic mass is 9.71. The van der Waals surface area contributed by atoms with Crippen molar-refractivity contribution in [3.05, 3.63) is 59.9 Å². The normalized spacial score (nSPS) is 30.3. The zero-order valence-electron chi connectivity index (χ0n) is 22.3. The predicted octanol–water partition coefficient (Wildman–Crippen LogP) is 5.09. The minimum atomic E-state index is -0.344. The fraction of sp³-hybridized carbons (Fsp3) is 0.581. The number of hydrogen-bond donors (Lipinski definition) is 1. The molecule has 1 unspecified atom stereocenters. The zero-order chi connectivity index (χ0) is 25.5. The number of rotatable bonds is 5. The highest BCUT2D eigenvalue weighted by molar-refractivity contribution is 5.98. The molecule has 6 rings (SSSR count). The molecular formula is C31H42FN4O+. The molecule has 0 aliphatic carbocycles. The largest absolute Gasteiger partial charge is 0.311 e. The number of nitrogens with one attached hydrogen (secondary N) is 1. The van der Waals surface area contributed by atoms with Crippen LogP contribution in [0.15, 0.2) is 48.5 Å². The maximum Gasteiger partial charge on any atom is 0.233 e. The van der Waals surface area contributed by atoms with Crippen LogP contribution >= 0.6 is 0 Å². The van der Waals surface area contributed by atoms with E-state index in [1.807, 2.05) is 6.07 Å². The Bertz CT molecular complexity index is 1110. The number of amides is 1. The van der Waals surface area contributed by atoms with E-state index in [2.05, 4.69) is 53.5 Å². The number of carbonyl (C=O) groups excluding carboxylic acids is 1. The summed E-state index contributed by atoms with van der Waals surface area (Å²) in [5, 5.41) is 3.53. The average Bonchev–Trinajstić information content (AvgIpc) is 3.59. The first-order valence-electron chi connectivity index (χ1n) is 14.5. The van der Waals surface area contributed by atoms with Gasteiger partial charge in [-0.2, -0.15) is 0 Å². The summed E-state index contributed by atoms with van der Waals surface area (Å²) in [7, 11) is 0. The number of quaternary nitrogens is 1. The van der Waals surface area contributed by atoms with Gasteiger partial charge in [0.25, 0.3) is 0 Å². The Morgan fingerprint density at radius 3 is 2.51 bits per heavy atom. The van der Waals surface area contributed by atoms with E-state index in [-0.39, 0.29) is 17.1 Å². The Morgan fingerprint density at radius 1 is 1.03 bits per heavy atom. The molecule has 6 heteroatoms. The van der Waals surface area contributed by atoms with E-state index < -0.39 is 0 Å². The molecule has 37 heavy (non-hydrogen) atoms. The highest BCUT2D eigenvalue weighted by Crippen LogP contribution is 2.45. The van der Waals surface area contributed by atoms with E-state index in [4.69, 9.17) is 0 Å². The fourth-order valence-corrected chi connectivity index (χ4v) is 7.99. The van der Waals surface area contributed by atoms with Crippen LogP contribution in [0, 0.1) is 11.2 Å². The van der Waals surface area contributed by atoms with Crippen molar-refractivity contribution in [2.75, 3.05) is 44.2 Å². The Hall–Kier alpha value is -2.28. The number of piperidine rings is 2. The van der Waals surface area contributed by atoms with E-state index >= 15 is 4.39 Å². The molecule has 4 aliphatic rings. The molecule has 4 aliphatic heterocycles. The van der Waals surface area contributed by atoms with Gasteiger partial charge in [0.15, 0.2) is 5.82 Å². The van der Waals surface area contributed by atoms with Crippen LogP contribution in [0.25, 0.3) is 0 Å². The number of nitrogens with zero attached hydrogens (tertiary/aromatic N) is 3. The number of carbonyl (C=O) groups is 1. The number of hydrogen-bond acceptors (Lipinski definition) is 3. The van der Waals surface area contributed by atoms with E-state index in [0.29, 0.717) is 24.3 Å². The highest BCUT2D eigenvalue weighted by Gasteiger charge is 2.49. The summed E-state index contributed by atoms with van der Waals surface area (Å²) in [4.78, 5) is 18.2. The fourth-order valence-electron chi connectivity index (χ4n) is 7.99. The van der Waals surface area contributed by atoms with Crippen LogP contribution in [-0.4, -0.2) is 62.2 Å². The predicted molar refractivity (Wildman–Crippen MR) is 148 cm³/mol. The molecule has 4 saturated heterocycles. The topological polar surface area (TPSA) is 35.6 Å². The molecule has 0 radical (unpaired) electrons. The van der Waals surface area contributed by atoms with E-state index in [0.717, 1.165) is 81.5 Å². The van der Waals surface area contributed by atoms with Crippen molar-refractivity contribution >= 4 is 17.3 Å². The van der Waals surface area contributed by atoms with Crippen molar-refractivity contribution < 1.29 is 9.18 Å². The quantitative estimate of drug-likeness (QED) is 0.576. The van der Waals surface area contributed by atoms with Gasteiger partial charge in [-0.15, -0.1) is 0 Å². The van der Waals surface area contributed by atoms with Crippen LogP contribution in [0.5, 0.6) is 0 Å². The van der Waals surface area contributed by atoms with Gasteiger partial charge in [-0.05, 0) is 57.3 Å². The number of likely N-dealkylation sites (tertiary alicyclic amines) is 2. The lowest BCUT2D eigenvalue weighted by Gasteiger charge is -2.46. The number of benzene rings is 2. The van der Waals surface area contributed by atoms with Gasteiger partial charge < -0.3 is 10.2 Å². The van der Waals surface area contributed by atoms with Gasteiger partial charge in [-0.3, -0.25) is 14.2 Å². The lowest BCUT2D eigenvalue weighted by molar-refractivity contribution is -0.133. The summed E-state index contributed by atoms with van der Waals surface area (Å²) in [5.74, 6) is -0.0878. The molecule has 2 aromatic rings. The van der Waals surface area contributed by atoms with Crippen LogP contribution in [0.3, 0.4) is 0 Å². The SMILES string of the molecule is C[C@H]1CCC[N+]1(c1ccc(N2CCCC3(CCN(Cc4ccccc4)CC3)C2=O)c(F)c1)[C@H]1CCNC1. The number of anilines is 1. The average molecular weight is 506 g/mol. The first-order valence-corrected chi connectivity index (χ1v) is 14.5. The van der Waals surface area contributed by atoms with Crippen molar-refractivity contribution in [3.8, 4) is 0 Å². The van der Waals surface area contributed by atoms with Crippen LogP contribution < -0.4 is 14.7 Å². The second kappa shape index (κ2) is 10.1. The van der Waals surface area contributed by atoms with Gasteiger partial charge in [-0.1, -0.05) is 30.3 Å². The van der Waals surface area contributed by atoms with Crippen molar-refractivity contribution in [3.63, 3.8) is 0 Å². The molecule has 3 atom stereocenters. The Kier molecular flexibility index (Phi) is 6.85. The van der Waals surface area contributed by atoms with E-state index in [9.17, 15) is 4.79 Å². The second-order valence-corrected chi connectivity index (χ2v) is 12.0. The monoisotopic (exact) mass is 505 g/mol. The molecule has 4 heterocycles. The van der Waals surface area contributed by atoms with Crippen LogP contribution in [0.1, 0.15) is 57.4 Å². The highest BCUT2D eigenvalue weighted by atomic mass is 19.1. The summed E-state index contributed by atoms with van der Waals surface area (Å²) >= 11 is 0. The molecule has 1 spiro atoms. The molecule has 0 saturated carbocycles. The van der Waals surface area contributed by atoms with E-state index in [1.54, 1.807) is 11.0 Å². The lowest BCUT2D eigenvalue weighted by Crippen LogP contribution is -2.59. The van der Waals surface area contributed by atoms with Crippen LogP contribution in [0.4, 0.5) is 15.8 Å². The van der Waals surface area contributed by atoms with E-state index in [1.165, 1.54) is 18.4 Å². The summed E-state index contributed by atoms with van der Waals surface area (Å²) in [6, 6.07) is 17.4. The third-order valence-corrected chi connectivity index (χ3v) is 10.1. The molecule has 1 amide bonds. The van der Waals surface area contributed by atoms with Crippen LogP contribution in [0.2, 0.25) is 0 Å². The zero-order valence-corrected chi connectivity index (χ0v) is 22.3. The van der Waals surface area contributed by atoms with Gasteiger partial charge in [0, 0.05) is 57.6 Å². The molecule has 2 aromatic carbocycles. The summed E-state index contributed by atoms with van der Waals surface area (Å²) in [6.07, 6.45) is 7.11. The van der Waals surface area contributed by atoms with Gasteiger partial charge >= 0.3 is 0 Å². The van der Waals surface area contributed by atoms with Gasteiger partial charge in [0.1, 0.15) is 11.7 Å². The van der Waals surface area contributed by atoms with Crippen molar-refractivity contribution in [2.45, 2.75) is 70.5 Å². The molecule has 4 fully saturated rings. The summed E-state index contributed by atoms with van der Waals surface area (Å²) in [5.41, 5.74) is 2.55. The maximum absolute atomic E-state index is 15.9. The van der Waals surface area contributed by atoms with Gasteiger partial charge in [-0.25, -0.2) is 4.39 Å². The third kappa shape index (κ3) is 4.41. The molecule has 1 N–H and O–H groups in total. The Labute approximate surface area is 221 Å². The number of halogens is 1. The minimum absolute atomic E-state index is 0.142. The van der Waals surface area contributed by atoms with Crippen LogP contribution in [-0.2, 0) is 11.3 Å². The molecule has 0 aromatic heterocycles. The first-order chi connectivity index (χ1) is 18.0. The van der Waals surface area contributed by atoms with Gasteiger partial charge in [0.05, 0.1) is 23.7 Å². The molecular weight excluding hydrogens is 463 g/mol. The Morgan fingerprint density at radius 2 is 1.84 bits per heavy atom. The molecule has 198 valence electrons. The molecule has 0 bridgehead atoms. The van der Waals surface area contributed by atoms with Crippen molar-refractivity contribution in [1.29, 1.82) is 0 Å². The van der Waals surface area contributed by atoms with Crippen molar-refractivity contribution in [2.24, 2.45) is 5.41 Å². The molecule has 5 nitrogen and oxygen atoms in total. The maximum atomic E-state index is 15.9. The first kappa shape index (κ1) is 25.0.